The topological polar surface area (TPSA) is 111 Å². The Morgan fingerprint density at radius 1 is 0.381 bits per heavy atom. The van der Waals surface area contributed by atoms with E-state index in [1.54, 1.807) is 0 Å². The number of carbonyl (C=O) groups is 2. The summed E-state index contributed by atoms with van der Waals surface area (Å²) in [6, 6.07) is 0. The molecule has 492 valence electrons. The molecule has 84 heavy (non-hydrogen) atoms. The van der Waals surface area contributed by atoms with E-state index in [1.807, 2.05) is 21.1 Å². The number of unbranched alkanes of at least 4 members (excludes halogenated alkanes) is 43. The largest absolute Gasteiger partial charge is 0.756 e. The molecule has 0 bridgehead atoms. The van der Waals surface area contributed by atoms with E-state index >= 15 is 0 Å². The van der Waals surface area contributed by atoms with Gasteiger partial charge in [0.25, 0.3) is 7.82 Å². The van der Waals surface area contributed by atoms with E-state index < -0.39 is 26.5 Å². The molecule has 10 heteroatoms. The van der Waals surface area contributed by atoms with Gasteiger partial charge < -0.3 is 27.9 Å². The normalized spacial score (nSPS) is 13.5. The van der Waals surface area contributed by atoms with Gasteiger partial charge in [0.05, 0.1) is 27.7 Å². The number of likely N-dealkylation sites (N-methyl/N-ethyl adjacent to an activating group) is 1. The minimum absolute atomic E-state index is 0.0283. The van der Waals surface area contributed by atoms with E-state index in [1.165, 1.54) is 250 Å². The number of ether oxygens (including phenoxy) is 2. The molecule has 0 heterocycles. The summed E-state index contributed by atoms with van der Waals surface area (Å²) in [5.41, 5.74) is 0. The second kappa shape index (κ2) is 65.2. The van der Waals surface area contributed by atoms with Gasteiger partial charge in [-0.15, -0.1) is 0 Å². The molecule has 2 atom stereocenters. The Kier molecular flexibility index (Phi) is 63.4. The number of esters is 2. The number of quaternary nitrogens is 1. The lowest BCUT2D eigenvalue weighted by molar-refractivity contribution is -0.870. The van der Waals surface area contributed by atoms with Crippen molar-refractivity contribution < 1.29 is 42.1 Å². The summed E-state index contributed by atoms with van der Waals surface area (Å²) in [5, 5.41) is 0. The number of nitrogens with zero attached hydrogens (tertiary/aromatic N) is 1. The van der Waals surface area contributed by atoms with E-state index in [0.717, 1.165) is 64.2 Å². The fourth-order valence-corrected chi connectivity index (χ4v) is 11.3. The van der Waals surface area contributed by atoms with Gasteiger partial charge in [-0.05, 0) is 57.8 Å². The van der Waals surface area contributed by atoms with E-state index in [4.69, 9.17) is 18.5 Å². The van der Waals surface area contributed by atoms with Crippen molar-refractivity contribution in [3.63, 3.8) is 0 Å². The lowest BCUT2D eigenvalue weighted by Gasteiger charge is -2.28. The molecule has 0 aliphatic carbocycles. The number of hydrogen-bond acceptors (Lipinski definition) is 8. The van der Waals surface area contributed by atoms with Crippen molar-refractivity contribution >= 4 is 19.8 Å². The highest BCUT2D eigenvalue weighted by atomic mass is 31.2. The Labute approximate surface area is 521 Å². The molecule has 2 unspecified atom stereocenters. The molecule has 0 rings (SSSR count). The first-order valence-electron chi connectivity index (χ1n) is 36.0. The fraction of sp³-hybridized carbons (Fsp3) is 0.838. The average Bonchev–Trinajstić information content (AvgIpc) is 3.61. The molecule has 0 fully saturated rings. The second-order valence-electron chi connectivity index (χ2n) is 25.6. The smallest absolute Gasteiger partial charge is 0.306 e. The van der Waals surface area contributed by atoms with Crippen molar-refractivity contribution in [3.8, 4) is 0 Å². The van der Waals surface area contributed by atoms with E-state index in [0.29, 0.717) is 17.4 Å². The van der Waals surface area contributed by atoms with Gasteiger partial charge in [-0.1, -0.05) is 338 Å². The molecule has 0 radical (unpaired) electrons. The van der Waals surface area contributed by atoms with Crippen LogP contribution in [0.5, 0.6) is 0 Å². The highest BCUT2D eigenvalue weighted by molar-refractivity contribution is 7.45. The predicted molar refractivity (Wildman–Crippen MR) is 360 cm³/mol. The summed E-state index contributed by atoms with van der Waals surface area (Å²) in [5.74, 6) is -0.812. The molecule has 0 N–H and O–H groups in total. The highest BCUT2D eigenvalue weighted by Crippen LogP contribution is 2.38. The molecular weight excluding hydrogens is 1060 g/mol. The first kappa shape index (κ1) is 81.7. The average molecular weight is 1200 g/mol. The number of hydrogen-bond donors (Lipinski definition) is 0. The Hall–Kier alpha value is -2.29. The number of carbonyl (C=O) groups excluding carboxylic acids is 2. The van der Waals surface area contributed by atoms with Crippen LogP contribution in [0.3, 0.4) is 0 Å². The van der Waals surface area contributed by atoms with Crippen molar-refractivity contribution in [1.82, 2.24) is 0 Å². The van der Waals surface area contributed by atoms with Gasteiger partial charge >= 0.3 is 11.9 Å². The Balaban J connectivity index is 3.95. The first-order chi connectivity index (χ1) is 41.0. The standard InChI is InChI=1S/C74H138NO8P/c1-6-8-10-12-14-16-18-20-22-24-26-28-30-31-32-33-34-35-36-37-38-39-40-41-42-43-45-47-49-51-53-55-57-59-61-63-65-67-74(77)83-72(71-82-84(78,79)81-69-68-75(3,4)5)70-80-73(76)66-64-62-60-58-56-54-52-50-48-46-44-29-27-25-23-21-19-17-15-13-11-9-7-2/h8,10,14,16,20,22,26,28,31-32,72H,6-7,9,11-13,15,17-19,21,23-25,27,29-30,33-71H2,1-5H3/b10-8-,16-14-,22-20-,28-26-,32-31-. The zero-order valence-electron chi connectivity index (χ0n) is 56.1. The lowest BCUT2D eigenvalue weighted by Crippen LogP contribution is -2.37. The van der Waals surface area contributed by atoms with Crippen LogP contribution in [0, 0.1) is 0 Å². The molecule has 0 aliphatic heterocycles. The minimum Gasteiger partial charge on any atom is -0.756 e. The van der Waals surface area contributed by atoms with Crippen molar-refractivity contribution in [2.24, 2.45) is 0 Å². The van der Waals surface area contributed by atoms with Crippen LogP contribution in [-0.4, -0.2) is 70.0 Å². The van der Waals surface area contributed by atoms with Crippen LogP contribution in [0.4, 0.5) is 0 Å². The third-order valence-corrected chi connectivity index (χ3v) is 17.0. The molecule has 0 aromatic heterocycles. The van der Waals surface area contributed by atoms with Crippen LogP contribution in [0.2, 0.25) is 0 Å². The third-order valence-electron chi connectivity index (χ3n) is 16.1. The molecule has 0 amide bonds. The molecule has 0 aromatic rings. The van der Waals surface area contributed by atoms with Crippen molar-refractivity contribution in [2.45, 2.75) is 354 Å². The van der Waals surface area contributed by atoms with Gasteiger partial charge in [-0.25, -0.2) is 0 Å². The van der Waals surface area contributed by atoms with Crippen LogP contribution < -0.4 is 4.89 Å². The van der Waals surface area contributed by atoms with Crippen LogP contribution >= 0.6 is 7.82 Å². The summed E-state index contributed by atoms with van der Waals surface area (Å²) in [4.78, 5) is 38.1. The Morgan fingerprint density at radius 3 is 1.01 bits per heavy atom. The minimum atomic E-state index is -4.64. The fourth-order valence-electron chi connectivity index (χ4n) is 10.6. The Bertz CT molecular complexity index is 1600. The van der Waals surface area contributed by atoms with Crippen LogP contribution in [0.15, 0.2) is 60.8 Å². The van der Waals surface area contributed by atoms with Crippen LogP contribution in [0.25, 0.3) is 0 Å². The molecular formula is C74H138NO8P. The lowest BCUT2D eigenvalue weighted by atomic mass is 10.0. The predicted octanol–water partition coefficient (Wildman–Crippen LogP) is 22.8. The SMILES string of the molecule is CC/C=C\C/C=C\C/C=C\C/C=C\C/C=C\CCCCCCCCCCCCCCCCCCCCCCCC(=O)OC(COC(=O)CCCCCCCCCCCCCCCCCCCCCCCCC)COP(=O)([O-])OCC[N+](C)(C)C. The van der Waals surface area contributed by atoms with Crippen molar-refractivity contribution in [3.05, 3.63) is 60.8 Å². The summed E-state index contributed by atoms with van der Waals surface area (Å²) < 4.78 is 34.3. The summed E-state index contributed by atoms with van der Waals surface area (Å²) in [7, 11) is 1.18. The molecule has 0 saturated carbocycles. The molecule has 9 nitrogen and oxygen atoms in total. The maximum Gasteiger partial charge on any atom is 0.306 e. The van der Waals surface area contributed by atoms with Gasteiger partial charge in [0.1, 0.15) is 19.8 Å². The van der Waals surface area contributed by atoms with Crippen LogP contribution in [0.1, 0.15) is 348 Å². The highest BCUT2D eigenvalue weighted by Gasteiger charge is 2.22. The molecule has 0 aromatic carbocycles. The third kappa shape index (κ3) is 68.8. The molecule has 0 saturated heterocycles. The number of allylic oxidation sites excluding steroid dienone is 10. The molecule has 0 spiro atoms. The first-order valence-corrected chi connectivity index (χ1v) is 37.5. The van der Waals surface area contributed by atoms with Gasteiger partial charge in [-0.3, -0.25) is 14.2 Å². The number of phosphoric ester groups is 1. The quantitative estimate of drug-likeness (QED) is 0.0195. The van der Waals surface area contributed by atoms with E-state index in [2.05, 4.69) is 74.6 Å². The van der Waals surface area contributed by atoms with Crippen molar-refractivity contribution in [1.29, 1.82) is 0 Å². The van der Waals surface area contributed by atoms with Crippen LogP contribution in [-0.2, 0) is 32.7 Å². The second-order valence-corrected chi connectivity index (χ2v) is 27.0. The Morgan fingerprint density at radius 2 is 0.679 bits per heavy atom. The van der Waals surface area contributed by atoms with Crippen molar-refractivity contribution in [2.75, 3.05) is 47.5 Å². The summed E-state index contributed by atoms with van der Waals surface area (Å²) >= 11 is 0. The van der Waals surface area contributed by atoms with Gasteiger partial charge in [0, 0.05) is 12.8 Å². The maximum absolute atomic E-state index is 12.9. The van der Waals surface area contributed by atoms with Gasteiger partial charge in [-0.2, -0.15) is 0 Å². The summed E-state index contributed by atoms with van der Waals surface area (Å²) in [6.45, 7) is 4.19. The number of phosphoric acid groups is 1. The zero-order valence-corrected chi connectivity index (χ0v) is 57.0. The maximum atomic E-state index is 12.9. The van der Waals surface area contributed by atoms with Gasteiger partial charge in [0.15, 0.2) is 6.10 Å². The number of rotatable bonds is 67. The zero-order chi connectivity index (χ0) is 61.2. The monoisotopic (exact) mass is 1200 g/mol. The summed E-state index contributed by atoms with van der Waals surface area (Å²) in [6.07, 6.45) is 86.0. The van der Waals surface area contributed by atoms with E-state index in [-0.39, 0.29) is 32.0 Å². The van der Waals surface area contributed by atoms with E-state index in [9.17, 15) is 19.0 Å². The van der Waals surface area contributed by atoms with Gasteiger partial charge in [0.2, 0.25) is 0 Å². The molecule has 0 aliphatic rings.